The van der Waals surface area contributed by atoms with E-state index in [0.29, 0.717) is 0 Å². The number of anilines is 1. The van der Waals surface area contributed by atoms with Crippen LogP contribution in [0.5, 0.6) is 0 Å². The Hall–Kier alpha value is -1.64. The van der Waals surface area contributed by atoms with Gasteiger partial charge in [0.1, 0.15) is 5.52 Å². The van der Waals surface area contributed by atoms with Gasteiger partial charge in [-0.2, -0.15) is 0 Å². The maximum Gasteiger partial charge on any atom is 0.152 e. The average Bonchev–Trinajstić information content (AvgIpc) is 2.16. The molecule has 0 aliphatic carbocycles. The van der Waals surface area contributed by atoms with Gasteiger partial charge in [-0.15, -0.1) is 0 Å². The van der Waals surface area contributed by atoms with Crippen molar-refractivity contribution in [1.82, 2.24) is 9.97 Å². The first kappa shape index (κ1) is 7.98. The van der Waals surface area contributed by atoms with E-state index in [1.54, 1.807) is 6.20 Å². The highest BCUT2D eigenvalue weighted by Gasteiger charge is 2.01. The highest BCUT2D eigenvalue weighted by atomic mass is 15.0. The summed E-state index contributed by atoms with van der Waals surface area (Å²) in [6, 6.07) is 6.00. The molecule has 2 aromatic rings. The maximum atomic E-state index is 4.35. The minimum atomic E-state index is 0.843. The number of nitrogens with zero attached hydrogens (tertiary/aromatic N) is 2. The molecular formula is C10H11N3. The van der Waals surface area contributed by atoms with Crippen LogP contribution in [-0.4, -0.2) is 17.0 Å². The number of aryl methyl sites for hydroxylation is 1. The van der Waals surface area contributed by atoms with E-state index in [9.17, 15) is 0 Å². The first-order valence-corrected chi connectivity index (χ1v) is 4.21. The molecule has 0 aromatic carbocycles. The highest BCUT2D eigenvalue weighted by molar-refractivity contribution is 5.88. The molecule has 2 aromatic heterocycles. The van der Waals surface area contributed by atoms with E-state index in [-0.39, 0.29) is 0 Å². The van der Waals surface area contributed by atoms with Crippen LogP contribution in [0.3, 0.4) is 0 Å². The molecule has 0 aliphatic heterocycles. The van der Waals surface area contributed by atoms with Gasteiger partial charge in [0.2, 0.25) is 0 Å². The fourth-order valence-electron chi connectivity index (χ4n) is 1.39. The van der Waals surface area contributed by atoms with Gasteiger partial charge in [-0.3, -0.25) is 4.98 Å². The van der Waals surface area contributed by atoms with E-state index in [0.717, 1.165) is 22.4 Å². The Bertz CT molecular complexity index is 437. The average molecular weight is 173 g/mol. The quantitative estimate of drug-likeness (QED) is 0.716. The number of hydrogen-bond donors (Lipinski definition) is 1. The van der Waals surface area contributed by atoms with Gasteiger partial charge in [0, 0.05) is 24.3 Å². The molecule has 0 fully saturated rings. The van der Waals surface area contributed by atoms with Crippen molar-refractivity contribution in [1.29, 1.82) is 0 Å². The molecule has 3 nitrogen and oxygen atoms in total. The molecule has 0 saturated carbocycles. The van der Waals surface area contributed by atoms with Crippen LogP contribution in [-0.2, 0) is 0 Å². The van der Waals surface area contributed by atoms with Gasteiger partial charge in [0.25, 0.3) is 0 Å². The lowest BCUT2D eigenvalue weighted by atomic mass is 10.2. The Labute approximate surface area is 76.8 Å². The maximum absolute atomic E-state index is 4.35. The highest BCUT2D eigenvalue weighted by Crippen LogP contribution is 2.18. The molecule has 0 bridgehead atoms. The Kier molecular flexibility index (Phi) is 1.85. The number of aromatic nitrogens is 2. The Morgan fingerprint density at radius 3 is 3.00 bits per heavy atom. The molecule has 3 heteroatoms. The molecule has 2 rings (SSSR count). The van der Waals surface area contributed by atoms with E-state index >= 15 is 0 Å². The number of fused-ring (bicyclic) bond motifs is 1. The number of rotatable bonds is 1. The largest absolute Gasteiger partial charge is 0.371 e. The van der Waals surface area contributed by atoms with E-state index in [4.69, 9.17) is 0 Å². The summed E-state index contributed by atoms with van der Waals surface area (Å²) in [7, 11) is 1.86. The molecule has 0 unspecified atom stereocenters. The Morgan fingerprint density at radius 2 is 2.23 bits per heavy atom. The van der Waals surface area contributed by atoms with Crippen molar-refractivity contribution < 1.29 is 0 Å². The molecule has 0 radical (unpaired) electrons. The van der Waals surface area contributed by atoms with Crippen LogP contribution >= 0.6 is 0 Å². The van der Waals surface area contributed by atoms with Crippen LogP contribution in [0.25, 0.3) is 10.9 Å². The van der Waals surface area contributed by atoms with Gasteiger partial charge < -0.3 is 5.32 Å². The monoisotopic (exact) mass is 173 g/mol. The first-order chi connectivity index (χ1) is 6.31. The lowest BCUT2D eigenvalue weighted by Gasteiger charge is -2.04. The molecular weight excluding hydrogens is 162 g/mol. The Morgan fingerprint density at radius 1 is 1.38 bits per heavy atom. The van der Waals surface area contributed by atoms with Crippen LogP contribution in [0.4, 0.5) is 5.82 Å². The lowest BCUT2D eigenvalue weighted by molar-refractivity contribution is 1.19. The summed E-state index contributed by atoms with van der Waals surface area (Å²) < 4.78 is 0. The minimum absolute atomic E-state index is 0.843. The fraction of sp³-hybridized carbons (Fsp3) is 0.200. The number of hydrogen-bond acceptors (Lipinski definition) is 3. The summed E-state index contributed by atoms with van der Waals surface area (Å²) in [6.07, 6.45) is 1.78. The standard InChI is InChI=1S/C10H11N3/c1-7-6-8-4-3-5-12-9(8)10(11-2)13-7/h3-6H,1-2H3,(H,11,13). The summed E-state index contributed by atoms with van der Waals surface area (Å²) in [5, 5.41) is 4.16. The third kappa shape index (κ3) is 1.33. The molecule has 0 aliphatic rings. The number of nitrogens with one attached hydrogen (secondary N) is 1. The predicted octanol–water partition coefficient (Wildman–Crippen LogP) is 1.98. The second kappa shape index (κ2) is 3.01. The van der Waals surface area contributed by atoms with Crippen LogP contribution < -0.4 is 5.32 Å². The van der Waals surface area contributed by atoms with Crippen molar-refractivity contribution in [3.63, 3.8) is 0 Å². The second-order valence-electron chi connectivity index (χ2n) is 2.94. The molecule has 1 N–H and O–H groups in total. The first-order valence-electron chi connectivity index (χ1n) is 4.21. The van der Waals surface area contributed by atoms with E-state index < -0.39 is 0 Å². The zero-order chi connectivity index (χ0) is 9.26. The van der Waals surface area contributed by atoms with Gasteiger partial charge in [-0.25, -0.2) is 4.98 Å². The van der Waals surface area contributed by atoms with E-state index in [1.165, 1.54) is 0 Å². The van der Waals surface area contributed by atoms with Crippen molar-refractivity contribution in [2.45, 2.75) is 6.92 Å². The van der Waals surface area contributed by atoms with Crippen LogP contribution in [0.1, 0.15) is 5.69 Å². The van der Waals surface area contributed by atoms with Crippen LogP contribution in [0.2, 0.25) is 0 Å². The van der Waals surface area contributed by atoms with E-state index in [1.807, 2.05) is 32.2 Å². The van der Waals surface area contributed by atoms with Gasteiger partial charge in [-0.05, 0) is 19.1 Å². The minimum Gasteiger partial charge on any atom is -0.371 e. The summed E-state index contributed by atoms with van der Waals surface area (Å²) in [5.74, 6) is 0.843. The molecule has 0 saturated heterocycles. The summed E-state index contributed by atoms with van der Waals surface area (Å²) in [4.78, 5) is 8.61. The number of pyridine rings is 2. The molecule has 66 valence electrons. The summed E-state index contributed by atoms with van der Waals surface area (Å²) >= 11 is 0. The van der Waals surface area contributed by atoms with Gasteiger partial charge in [0.15, 0.2) is 5.82 Å². The zero-order valence-electron chi connectivity index (χ0n) is 7.70. The van der Waals surface area contributed by atoms with Crippen molar-refractivity contribution in [2.24, 2.45) is 0 Å². The SMILES string of the molecule is CNc1nc(C)cc2cccnc12. The smallest absolute Gasteiger partial charge is 0.152 e. The second-order valence-corrected chi connectivity index (χ2v) is 2.94. The fourth-order valence-corrected chi connectivity index (χ4v) is 1.39. The van der Waals surface area contributed by atoms with Crippen molar-refractivity contribution in [3.8, 4) is 0 Å². The lowest BCUT2D eigenvalue weighted by Crippen LogP contribution is -1.96. The molecule has 13 heavy (non-hydrogen) atoms. The Balaban J connectivity index is 2.81. The van der Waals surface area contributed by atoms with Crippen molar-refractivity contribution in [2.75, 3.05) is 12.4 Å². The summed E-state index contributed by atoms with van der Waals surface area (Å²) in [6.45, 7) is 1.98. The van der Waals surface area contributed by atoms with Gasteiger partial charge in [0.05, 0.1) is 0 Å². The molecule has 2 heterocycles. The van der Waals surface area contributed by atoms with Crippen molar-refractivity contribution in [3.05, 3.63) is 30.1 Å². The third-order valence-corrected chi connectivity index (χ3v) is 1.95. The van der Waals surface area contributed by atoms with Gasteiger partial charge in [-0.1, -0.05) is 6.07 Å². The van der Waals surface area contributed by atoms with E-state index in [2.05, 4.69) is 15.3 Å². The van der Waals surface area contributed by atoms with Gasteiger partial charge >= 0.3 is 0 Å². The summed E-state index contributed by atoms with van der Waals surface area (Å²) in [5.41, 5.74) is 1.93. The zero-order valence-corrected chi connectivity index (χ0v) is 7.70. The van der Waals surface area contributed by atoms with Crippen LogP contribution in [0, 0.1) is 6.92 Å². The van der Waals surface area contributed by atoms with Crippen molar-refractivity contribution >= 4 is 16.7 Å². The third-order valence-electron chi connectivity index (χ3n) is 1.95. The molecule has 0 spiro atoms. The predicted molar refractivity (Wildman–Crippen MR) is 53.8 cm³/mol. The molecule has 0 atom stereocenters. The molecule has 0 amide bonds. The normalized spacial score (nSPS) is 10.3. The van der Waals surface area contributed by atoms with Crippen LogP contribution in [0.15, 0.2) is 24.4 Å². The topological polar surface area (TPSA) is 37.8 Å².